The summed E-state index contributed by atoms with van der Waals surface area (Å²) in [6.45, 7) is 4.48. The van der Waals surface area contributed by atoms with E-state index in [1.807, 2.05) is 0 Å². The van der Waals surface area contributed by atoms with Crippen molar-refractivity contribution in [3.8, 4) is 0 Å². The van der Waals surface area contributed by atoms with Gasteiger partial charge in [0.15, 0.2) is 0 Å². The Morgan fingerprint density at radius 2 is 1.77 bits per heavy atom. The summed E-state index contributed by atoms with van der Waals surface area (Å²) < 4.78 is 0. The van der Waals surface area contributed by atoms with Crippen LogP contribution in [-0.4, -0.2) is 0 Å². The van der Waals surface area contributed by atoms with Crippen molar-refractivity contribution in [3.05, 3.63) is 29.7 Å². The molecule has 0 unspecified atom stereocenters. The average molecular weight is 255 g/mol. The Hall–Kier alpha value is 0.363. The number of hydrogen-bond acceptors (Lipinski definition) is 0. The molecule has 1 aliphatic carbocycles. The molecule has 0 N–H and O–H groups in total. The van der Waals surface area contributed by atoms with Crippen molar-refractivity contribution in [2.45, 2.75) is 46.0 Å². The van der Waals surface area contributed by atoms with Crippen LogP contribution in [0.3, 0.4) is 0 Å². The van der Waals surface area contributed by atoms with Gasteiger partial charge in [0.2, 0.25) is 0 Å². The molecular weight excluding hydrogens is 235 g/mol. The molecule has 0 saturated heterocycles. The summed E-state index contributed by atoms with van der Waals surface area (Å²) in [4.78, 5) is 0. The van der Waals surface area contributed by atoms with Gasteiger partial charge in [0, 0.05) is 32.1 Å². The zero-order valence-corrected chi connectivity index (χ0v) is 11.2. The van der Waals surface area contributed by atoms with Gasteiger partial charge in [-0.3, -0.25) is 0 Å². The fraction of sp³-hybridized carbons (Fsp3) is 0.583. The normalized spacial score (nSPS) is 15.7. The Morgan fingerprint density at radius 3 is 2.38 bits per heavy atom. The fourth-order valence-electron chi connectivity index (χ4n) is 1.53. The van der Waals surface area contributed by atoms with E-state index in [1.165, 1.54) is 43.6 Å². The molecule has 0 atom stereocenters. The van der Waals surface area contributed by atoms with Gasteiger partial charge in [0.1, 0.15) is 0 Å². The first-order valence-electron chi connectivity index (χ1n) is 5.11. The third-order valence-corrected chi connectivity index (χ3v) is 2.24. The number of rotatable bonds is 5. The van der Waals surface area contributed by atoms with Crippen molar-refractivity contribution in [3.63, 3.8) is 0 Å². The SMILES string of the molecule is CCCCC1=C[C](CCC)C=C1.[Zr]. The maximum atomic E-state index is 2.36. The van der Waals surface area contributed by atoms with Gasteiger partial charge in [-0.25, -0.2) is 0 Å². The largest absolute Gasteiger partial charge is 0.0731 e. The van der Waals surface area contributed by atoms with Crippen molar-refractivity contribution in [1.82, 2.24) is 0 Å². The molecule has 1 radical (unpaired) electrons. The maximum Gasteiger partial charge on any atom is 0.0196 e. The van der Waals surface area contributed by atoms with Crippen LogP contribution in [0.2, 0.25) is 0 Å². The van der Waals surface area contributed by atoms with Gasteiger partial charge < -0.3 is 0 Å². The topological polar surface area (TPSA) is 0 Å². The minimum absolute atomic E-state index is 0. The molecule has 0 aromatic heterocycles. The van der Waals surface area contributed by atoms with E-state index in [4.69, 9.17) is 0 Å². The summed E-state index contributed by atoms with van der Waals surface area (Å²) in [5, 5.41) is 0. The molecule has 13 heavy (non-hydrogen) atoms. The van der Waals surface area contributed by atoms with Crippen LogP contribution in [0.4, 0.5) is 0 Å². The van der Waals surface area contributed by atoms with Gasteiger partial charge in [-0.05, 0) is 19.3 Å². The number of allylic oxidation sites excluding steroid dienone is 4. The second kappa shape index (κ2) is 7.74. The predicted molar refractivity (Wildman–Crippen MR) is 54.9 cm³/mol. The first-order chi connectivity index (χ1) is 5.86. The summed E-state index contributed by atoms with van der Waals surface area (Å²) >= 11 is 0. The predicted octanol–water partition coefficient (Wildman–Crippen LogP) is 4.04. The monoisotopic (exact) mass is 253 g/mol. The van der Waals surface area contributed by atoms with Crippen molar-refractivity contribution < 1.29 is 26.2 Å². The maximum absolute atomic E-state index is 2.36. The van der Waals surface area contributed by atoms with E-state index in [0.717, 1.165) is 0 Å². The van der Waals surface area contributed by atoms with Crippen LogP contribution in [0.5, 0.6) is 0 Å². The van der Waals surface area contributed by atoms with Gasteiger partial charge in [0.25, 0.3) is 0 Å². The summed E-state index contributed by atoms with van der Waals surface area (Å²) in [5.41, 5.74) is 1.53. The van der Waals surface area contributed by atoms with Gasteiger partial charge in [0.05, 0.1) is 0 Å². The Morgan fingerprint density at radius 1 is 1.00 bits per heavy atom. The Kier molecular flexibility index (Phi) is 7.95. The zero-order valence-electron chi connectivity index (χ0n) is 8.77. The van der Waals surface area contributed by atoms with Crippen LogP contribution in [0.25, 0.3) is 0 Å². The molecule has 0 fully saturated rings. The minimum atomic E-state index is 0. The quantitative estimate of drug-likeness (QED) is 0.694. The molecule has 0 nitrogen and oxygen atoms in total. The summed E-state index contributed by atoms with van der Waals surface area (Å²) in [6.07, 6.45) is 13.3. The summed E-state index contributed by atoms with van der Waals surface area (Å²) in [6, 6.07) is 0. The molecule has 1 aliphatic rings. The minimum Gasteiger partial charge on any atom is -0.0731 e. The van der Waals surface area contributed by atoms with Crippen molar-refractivity contribution in [1.29, 1.82) is 0 Å². The molecule has 1 rings (SSSR count). The molecule has 0 bridgehead atoms. The standard InChI is InChI=1S/C12H19.Zr/c1-3-5-7-12-9-8-11(10-12)6-4-2;/h8-10H,3-7H2,1-2H3;. The molecule has 0 aromatic rings. The van der Waals surface area contributed by atoms with Crippen molar-refractivity contribution in [2.24, 2.45) is 0 Å². The Balaban J connectivity index is 0.00000144. The fourth-order valence-corrected chi connectivity index (χ4v) is 1.53. The van der Waals surface area contributed by atoms with E-state index in [-0.39, 0.29) is 26.2 Å². The van der Waals surface area contributed by atoms with Crippen LogP contribution >= 0.6 is 0 Å². The van der Waals surface area contributed by atoms with Gasteiger partial charge >= 0.3 is 0 Å². The first-order valence-corrected chi connectivity index (χ1v) is 5.11. The molecule has 0 aromatic carbocycles. The molecule has 0 spiro atoms. The first kappa shape index (κ1) is 13.4. The number of unbranched alkanes of at least 4 members (excludes halogenated alkanes) is 1. The second-order valence-corrected chi connectivity index (χ2v) is 3.48. The van der Waals surface area contributed by atoms with Gasteiger partial charge in [-0.15, -0.1) is 0 Å². The van der Waals surface area contributed by atoms with Gasteiger partial charge in [-0.2, -0.15) is 0 Å². The number of hydrogen-bond donors (Lipinski definition) is 0. The average Bonchev–Trinajstić information content (AvgIpc) is 2.50. The summed E-state index contributed by atoms with van der Waals surface area (Å²) in [7, 11) is 0. The molecule has 71 valence electrons. The van der Waals surface area contributed by atoms with E-state index in [0.29, 0.717) is 0 Å². The van der Waals surface area contributed by atoms with Crippen LogP contribution < -0.4 is 0 Å². The van der Waals surface area contributed by atoms with E-state index >= 15 is 0 Å². The van der Waals surface area contributed by atoms with E-state index in [2.05, 4.69) is 32.1 Å². The van der Waals surface area contributed by atoms with Crippen LogP contribution in [0.15, 0.2) is 23.8 Å². The molecule has 0 amide bonds. The van der Waals surface area contributed by atoms with Crippen LogP contribution in [0.1, 0.15) is 46.0 Å². The van der Waals surface area contributed by atoms with Crippen LogP contribution in [0, 0.1) is 5.92 Å². The molecule has 0 aliphatic heterocycles. The second-order valence-electron chi connectivity index (χ2n) is 3.48. The van der Waals surface area contributed by atoms with Gasteiger partial charge in [-0.1, -0.05) is 50.5 Å². The molecule has 1 heteroatoms. The van der Waals surface area contributed by atoms with Crippen LogP contribution in [-0.2, 0) is 26.2 Å². The Bertz CT molecular complexity index is 180. The Labute approximate surface area is 102 Å². The third kappa shape index (κ3) is 4.96. The van der Waals surface area contributed by atoms with Crippen molar-refractivity contribution >= 4 is 0 Å². The van der Waals surface area contributed by atoms with E-state index < -0.39 is 0 Å². The molecule has 0 heterocycles. The zero-order chi connectivity index (χ0) is 8.81. The summed E-state index contributed by atoms with van der Waals surface area (Å²) in [5.74, 6) is 1.52. The van der Waals surface area contributed by atoms with E-state index in [9.17, 15) is 0 Å². The molecular formula is C12H19Zr. The van der Waals surface area contributed by atoms with E-state index in [1.54, 1.807) is 0 Å². The third-order valence-electron chi connectivity index (χ3n) is 2.24. The van der Waals surface area contributed by atoms with Crippen molar-refractivity contribution in [2.75, 3.05) is 0 Å². The molecule has 0 saturated carbocycles. The smallest absolute Gasteiger partial charge is 0.0196 e.